The van der Waals surface area contributed by atoms with Crippen molar-refractivity contribution < 1.29 is 9.72 Å². The van der Waals surface area contributed by atoms with Gasteiger partial charge in [-0.25, -0.2) is 9.97 Å². The van der Waals surface area contributed by atoms with E-state index in [0.29, 0.717) is 16.9 Å². The molecule has 0 spiro atoms. The molecule has 0 aliphatic heterocycles. The summed E-state index contributed by atoms with van der Waals surface area (Å²) in [5, 5.41) is 20.3. The number of H-pyrrole nitrogens is 1. The third kappa shape index (κ3) is 2.75. The molecule has 0 saturated carbocycles. The van der Waals surface area contributed by atoms with Gasteiger partial charge in [-0.15, -0.1) is 0 Å². The van der Waals surface area contributed by atoms with E-state index in [2.05, 4.69) is 25.5 Å². The molecule has 3 heterocycles. The molecule has 0 fully saturated rings. The number of nitro groups is 1. The van der Waals surface area contributed by atoms with Gasteiger partial charge in [0.25, 0.3) is 11.6 Å². The van der Waals surface area contributed by atoms with Crippen LogP contribution in [0.1, 0.15) is 10.5 Å². The molecular formula is C16H11N7O3. The van der Waals surface area contributed by atoms with Crippen LogP contribution < -0.4 is 5.32 Å². The van der Waals surface area contributed by atoms with Crippen LogP contribution in [0.3, 0.4) is 0 Å². The zero-order chi connectivity index (χ0) is 18.1. The van der Waals surface area contributed by atoms with E-state index < -0.39 is 10.8 Å². The van der Waals surface area contributed by atoms with Crippen molar-refractivity contribution in [3.8, 4) is 11.3 Å². The van der Waals surface area contributed by atoms with Crippen molar-refractivity contribution in [2.75, 3.05) is 5.32 Å². The zero-order valence-corrected chi connectivity index (χ0v) is 13.2. The van der Waals surface area contributed by atoms with Gasteiger partial charge in [-0.1, -0.05) is 12.1 Å². The molecule has 0 aliphatic rings. The quantitative estimate of drug-likeness (QED) is 0.429. The van der Waals surface area contributed by atoms with Gasteiger partial charge in [-0.3, -0.25) is 20.0 Å². The molecule has 1 amide bonds. The van der Waals surface area contributed by atoms with Crippen LogP contribution >= 0.6 is 0 Å². The van der Waals surface area contributed by atoms with E-state index >= 15 is 0 Å². The first kappa shape index (κ1) is 15.4. The Kier molecular flexibility index (Phi) is 3.62. The molecule has 4 aromatic rings. The lowest BCUT2D eigenvalue weighted by Gasteiger charge is -2.02. The van der Waals surface area contributed by atoms with Gasteiger partial charge in [0.1, 0.15) is 0 Å². The number of nitro benzene ring substituents is 1. The maximum atomic E-state index is 12.4. The number of aromatic nitrogens is 5. The van der Waals surface area contributed by atoms with Gasteiger partial charge in [0.15, 0.2) is 17.2 Å². The fourth-order valence-corrected chi connectivity index (χ4v) is 2.51. The van der Waals surface area contributed by atoms with E-state index in [1.54, 1.807) is 41.2 Å². The number of non-ortho nitro benzene ring substituents is 1. The topological polar surface area (TPSA) is 131 Å². The van der Waals surface area contributed by atoms with Crippen molar-refractivity contribution in [3.63, 3.8) is 0 Å². The van der Waals surface area contributed by atoms with Crippen molar-refractivity contribution in [2.24, 2.45) is 0 Å². The highest BCUT2D eigenvalue weighted by molar-refractivity contribution is 6.06. The number of nitrogens with one attached hydrogen (secondary N) is 2. The average molecular weight is 349 g/mol. The summed E-state index contributed by atoms with van der Waals surface area (Å²) < 4.78 is 1.68. The summed E-state index contributed by atoms with van der Waals surface area (Å²) in [4.78, 5) is 31.0. The van der Waals surface area contributed by atoms with E-state index in [0.717, 1.165) is 0 Å². The third-order valence-corrected chi connectivity index (χ3v) is 3.71. The maximum absolute atomic E-state index is 12.4. The predicted molar refractivity (Wildman–Crippen MR) is 91.6 cm³/mol. The molecule has 1 aromatic carbocycles. The molecule has 0 radical (unpaired) electrons. The van der Waals surface area contributed by atoms with Crippen molar-refractivity contribution >= 4 is 23.1 Å². The number of hydrogen-bond donors (Lipinski definition) is 2. The molecule has 128 valence electrons. The molecule has 2 N–H and O–H groups in total. The number of amides is 1. The Balaban J connectivity index is 1.59. The summed E-state index contributed by atoms with van der Waals surface area (Å²) in [6.07, 6.45) is 6.47. The third-order valence-electron chi connectivity index (χ3n) is 3.71. The van der Waals surface area contributed by atoms with Gasteiger partial charge < -0.3 is 9.72 Å². The highest BCUT2D eigenvalue weighted by atomic mass is 16.6. The molecule has 0 atom stereocenters. The minimum absolute atomic E-state index is 0.0297. The molecule has 10 nitrogen and oxygen atoms in total. The minimum atomic E-state index is -0.473. The highest BCUT2D eigenvalue weighted by Crippen LogP contribution is 2.24. The Morgan fingerprint density at radius 2 is 2.00 bits per heavy atom. The molecule has 0 saturated heterocycles. The van der Waals surface area contributed by atoms with Crippen molar-refractivity contribution in [1.82, 2.24) is 24.6 Å². The molecule has 26 heavy (non-hydrogen) atoms. The lowest BCUT2D eigenvalue weighted by Crippen LogP contribution is -2.15. The SMILES string of the molecule is O=C(Nc1cc(-c2cccc([N+](=O)[O-])c2)[nH]n1)c1nccn2ccnc12. The molecule has 4 rings (SSSR count). The van der Waals surface area contributed by atoms with E-state index in [4.69, 9.17) is 0 Å². The van der Waals surface area contributed by atoms with Gasteiger partial charge in [-0.2, -0.15) is 5.10 Å². The second-order valence-electron chi connectivity index (χ2n) is 5.36. The van der Waals surface area contributed by atoms with E-state index in [1.807, 2.05) is 0 Å². The van der Waals surface area contributed by atoms with Crippen LogP contribution in [0.2, 0.25) is 0 Å². The second-order valence-corrected chi connectivity index (χ2v) is 5.36. The first-order valence-corrected chi connectivity index (χ1v) is 7.51. The summed E-state index contributed by atoms with van der Waals surface area (Å²) in [5.41, 5.74) is 1.69. The Morgan fingerprint density at radius 3 is 2.81 bits per heavy atom. The minimum Gasteiger partial charge on any atom is -0.304 e. The van der Waals surface area contributed by atoms with Crippen LogP contribution in [0, 0.1) is 10.1 Å². The van der Waals surface area contributed by atoms with E-state index in [9.17, 15) is 14.9 Å². The Labute approximate surface area is 145 Å². The van der Waals surface area contributed by atoms with Gasteiger partial charge in [0.2, 0.25) is 0 Å². The number of carbonyl (C=O) groups excluding carboxylic acids is 1. The Morgan fingerprint density at radius 1 is 1.19 bits per heavy atom. The number of nitrogens with zero attached hydrogens (tertiary/aromatic N) is 5. The second kappa shape index (κ2) is 6.09. The monoisotopic (exact) mass is 349 g/mol. The van der Waals surface area contributed by atoms with Crippen LogP contribution in [0.4, 0.5) is 11.5 Å². The van der Waals surface area contributed by atoms with Crippen LogP contribution in [0.5, 0.6) is 0 Å². The molecule has 10 heteroatoms. The fourth-order valence-electron chi connectivity index (χ4n) is 2.51. The van der Waals surface area contributed by atoms with Crippen molar-refractivity contribution in [2.45, 2.75) is 0 Å². The number of aromatic amines is 1. The number of benzene rings is 1. The summed E-state index contributed by atoms with van der Waals surface area (Å²) in [5.74, 6) is -0.189. The van der Waals surface area contributed by atoms with Crippen LogP contribution in [0.15, 0.2) is 55.1 Å². The number of hydrogen-bond acceptors (Lipinski definition) is 6. The number of carbonyl (C=O) groups is 1. The Bertz CT molecular complexity index is 1130. The number of imidazole rings is 1. The molecule has 0 unspecified atom stereocenters. The molecule has 0 aliphatic carbocycles. The first-order valence-electron chi connectivity index (χ1n) is 7.51. The number of rotatable bonds is 4. The largest absolute Gasteiger partial charge is 0.304 e. The van der Waals surface area contributed by atoms with Gasteiger partial charge in [0, 0.05) is 48.5 Å². The molecule has 0 bridgehead atoms. The predicted octanol–water partition coefficient (Wildman–Crippen LogP) is 2.28. The average Bonchev–Trinajstić information content (AvgIpc) is 3.30. The summed E-state index contributed by atoms with van der Waals surface area (Å²) in [6, 6.07) is 7.70. The van der Waals surface area contributed by atoms with Gasteiger partial charge >= 0.3 is 0 Å². The fraction of sp³-hybridized carbons (Fsp3) is 0. The van der Waals surface area contributed by atoms with Crippen molar-refractivity contribution in [3.05, 3.63) is 70.9 Å². The van der Waals surface area contributed by atoms with E-state index in [1.165, 1.54) is 18.3 Å². The van der Waals surface area contributed by atoms with Crippen LogP contribution in [0.25, 0.3) is 16.9 Å². The van der Waals surface area contributed by atoms with Crippen LogP contribution in [-0.4, -0.2) is 35.4 Å². The smallest absolute Gasteiger partial charge is 0.279 e. The van der Waals surface area contributed by atoms with Gasteiger partial charge in [-0.05, 0) is 0 Å². The number of anilines is 1. The maximum Gasteiger partial charge on any atom is 0.279 e. The van der Waals surface area contributed by atoms with Gasteiger partial charge in [0.05, 0.1) is 10.6 Å². The van der Waals surface area contributed by atoms with Crippen molar-refractivity contribution in [1.29, 1.82) is 0 Å². The normalized spacial score (nSPS) is 10.8. The number of fused-ring (bicyclic) bond motifs is 1. The van der Waals surface area contributed by atoms with E-state index in [-0.39, 0.29) is 17.2 Å². The van der Waals surface area contributed by atoms with Crippen LogP contribution in [-0.2, 0) is 0 Å². The molecular weight excluding hydrogens is 338 g/mol. The lowest BCUT2D eigenvalue weighted by molar-refractivity contribution is -0.384. The Hall–Kier alpha value is -4.08. The lowest BCUT2D eigenvalue weighted by atomic mass is 10.1. The zero-order valence-electron chi connectivity index (χ0n) is 13.2. The highest BCUT2D eigenvalue weighted by Gasteiger charge is 2.15. The summed E-state index contributed by atoms with van der Waals surface area (Å²) >= 11 is 0. The summed E-state index contributed by atoms with van der Waals surface area (Å²) in [6.45, 7) is 0. The summed E-state index contributed by atoms with van der Waals surface area (Å²) in [7, 11) is 0. The first-order chi connectivity index (χ1) is 12.6. The molecule has 3 aromatic heterocycles. The standard InChI is InChI=1S/C16H11N7O3/c24-16(14-15-18-5-7-22(15)6-4-17-14)19-13-9-12(20-21-13)10-2-1-3-11(8-10)23(25)26/h1-9H,(H2,19,20,21,24).